The highest BCUT2D eigenvalue weighted by Crippen LogP contribution is 2.40. The first-order chi connectivity index (χ1) is 30.2. The van der Waals surface area contributed by atoms with Crippen LogP contribution in [0.15, 0.2) is 224 Å². The smallest absolute Gasteiger partial charge is 0.162 e. The van der Waals surface area contributed by atoms with E-state index in [9.17, 15) is 0 Å². The first kappa shape index (κ1) is 35.8. The molecule has 5 heteroatoms. The van der Waals surface area contributed by atoms with Gasteiger partial charge in [0, 0.05) is 38.9 Å². The lowest BCUT2D eigenvalue weighted by Crippen LogP contribution is -1.99. The van der Waals surface area contributed by atoms with Crippen LogP contribution in [-0.4, -0.2) is 24.5 Å². The van der Waals surface area contributed by atoms with Gasteiger partial charge in [0.2, 0.25) is 0 Å². The second-order valence-corrected chi connectivity index (χ2v) is 15.1. The highest BCUT2D eigenvalue weighted by molar-refractivity contribution is 6.14. The van der Waals surface area contributed by atoms with Crippen molar-refractivity contribution < 1.29 is 0 Å². The Morgan fingerprint density at radius 3 is 1.31 bits per heavy atom. The van der Waals surface area contributed by atoms with E-state index < -0.39 is 0 Å². The molecule has 5 nitrogen and oxygen atoms in total. The predicted molar refractivity (Wildman–Crippen MR) is 250 cm³/mol. The molecule has 0 aliphatic heterocycles. The van der Waals surface area contributed by atoms with Crippen molar-refractivity contribution in [2.45, 2.75) is 0 Å². The molecule has 0 spiro atoms. The molecule has 0 saturated carbocycles. The number of hydrogen-bond acceptors (Lipinski definition) is 4. The van der Waals surface area contributed by atoms with Gasteiger partial charge in [0.1, 0.15) is 5.65 Å². The monoisotopic (exact) mass is 779 g/mol. The van der Waals surface area contributed by atoms with Crippen LogP contribution in [0.3, 0.4) is 0 Å². The molecule has 0 saturated heterocycles. The summed E-state index contributed by atoms with van der Waals surface area (Å²) in [6.07, 6.45) is 0. The third kappa shape index (κ3) is 6.84. The van der Waals surface area contributed by atoms with E-state index in [-0.39, 0.29) is 0 Å². The molecule has 0 amide bonds. The molecule has 11 rings (SSSR count). The predicted octanol–water partition coefficient (Wildman–Crippen LogP) is 14.0. The topological polar surface area (TPSA) is 56.5 Å². The number of fused-ring (bicyclic) bond motifs is 3. The van der Waals surface area contributed by atoms with E-state index in [1.165, 1.54) is 0 Å². The normalized spacial score (nSPS) is 11.3. The maximum atomic E-state index is 5.35. The minimum absolute atomic E-state index is 0.685. The lowest BCUT2D eigenvalue weighted by atomic mass is 9.96. The zero-order chi connectivity index (χ0) is 40.5. The molecule has 0 radical (unpaired) electrons. The van der Waals surface area contributed by atoms with Crippen LogP contribution in [0.1, 0.15) is 0 Å². The van der Waals surface area contributed by atoms with Crippen LogP contribution in [0.25, 0.3) is 106 Å². The van der Waals surface area contributed by atoms with Crippen LogP contribution in [0, 0.1) is 0 Å². The fourth-order valence-corrected chi connectivity index (χ4v) is 8.27. The van der Waals surface area contributed by atoms with Crippen molar-refractivity contribution in [3.05, 3.63) is 224 Å². The van der Waals surface area contributed by atoms with Gasteiger partial charge in [0.15, 0.2) is 11.6 Å². The van der Waals surface area contributed by atoms with Gasteiger partial charge in [-0.15, -0.1) is 0 Å². The molecule has 0 unspecified atom stereocenters. The van der Waals surface area contributed by atoms with Crippen LogP contribution in [0.2, 0.25) is 0 Å². The number of para-hydroxylation sites is 2. The number of rotatable bonds is 8. The molecular formula is C56H37N5. The molecule has 0 N–H and O–H groups in total. The lowest BCUT2D eigenvalue weighted by Gasteiger charge is -2.12. The Balaban J connectivity index is 1.02. The van der Waals surface area contributed by atoms with Crippen molar-refractivity contribution in [1.29, 1.82) is 0 Å². The van der Waals surface area contributed by atoms with Crippen LogP contribution in [-0.2, 0) is 0 Å². The zero-order valence-corrected chi connectivity index (χ0v) is 33.1. The second kappa shape index (κ2) is 15.5. The molecule has 286 valence electrons. The van der Waals surface area contributed by atoms with E-state index in [0.29, 0.717) is 11.6 Å². The van der Waals surface area contributed by atoms with Crippen molar-refractivity contribution in [3.63, 3.8) is 0 Å². The summed E-state index contributed by atoms with van der Waals surface area (Å²) in [5, 5.41) is 2.13. The highest BCUT2D eigenvalue weighted by atomic mass is 15.1. The third-order valence-electron chi connectivity index (χ3n) is 11.2. The summed E-state index contributed by atoms with van der Waals surface area (Å²) in [5.41, 5.74) is 15.1. The van der Waals surface area contributed by atoms with Crippen molar-refractivity contribution in [3.8, 4) is 84.5 Å². The Morgan fingerprint density at radius 1 is 0.295 bits per heavy atom. The molecule has 3 aromatic heterocycles. The number of benzene rings is 8. The standard InChI is InChI=1S/C56H37N5/c1-5-18-38(19-6-1)49-37-50(39-20-7-2-8-21-39)58-55(57-49)46-29-17-27-44(36-46)42-25-15-24-41(34-42)43-26-16-28-45(35-43)53-52-48-32-13-14-33-51(48)61(47-30-11-4-12-31-47)56(52)60-54(59-53)40-22-9-3-10-23-40/h1-37H. The fraction of sp³-hybridized carbons (Fsp3) is 0. The Kier molecular flexibility index (Phi) is 9.10. The van der Waals surface area contributed by atoms with Crippen molar-refractivity contribution in [2.24, 2.45) is 0 Å². The molecule has 0 aliphatic rings. The van der Waals surface area contributed by atoms with Gasteiger partial charge in [-0.2, -0.15) is 0 Å². The van der Waals surface area contributed by atoms with Crippen LogP contribution < -0.4 is 0 Å². The van der Waals surface area contributed by atoms with Gasteiger partial charge in [0.05, 0.1) is 28.0 Å². The van der Waals surface area contributed by atoms with E-state index in [0.717, 1.165) is 94.8 Å². The molecule has 0 fully saturated rings. The van der Waals surface area contributed by atoms with Crippen LogP contribution in [0.5, 0.6) is 0 Å². The minimum Gasteiger partial charge on any atom is -0.294 e. The molecule has 0 atom stereocenters. The number of nitrogens with zero attached hydrogens (tertiary/aromatic N) is 5. The maximum Gasteiger partial charge on any atom is 0.162 e. The summed E-state index contributed by atoms with van der Waals surface area (Å²) in [5.74, 6) is 1.37. The Bertz CT molecular complexity index is 3280. The SMILES string of the molecule is c1ccc(-c2cc(-c3ccccc3)nc(-c3cccc(-c4cccc(-c5cccc(-c6nc(-c7ccccc7)nc7c6c6ccccc6n7-c6ccccc6)c5)c4)c3)n2)cc1. The van der Waals surface area contributed by atoms with Crippen LogP contribution in [0.4, 0.5) is 0 Å². The van der Waals surface area contributed by atoms with Gasteiger partial charge in [0.25, 0.3) is 0 Å². The number of aromatic nitrogens is 5. The van der Waals surface area contributed by atoms with Gasteiger partial charge >= 0.3 is 0 Å². The second-order valence-electron chi connectivity index (χ2n) is 15.1. The molecular weight excluding hydrogens is 743 g/mol. The minimum atomic E-state index is 0.685. The maximum absolute atomic E-state index is 5.35. The largest absolute Gasteiger partial charge is 0.294 e. The lowest BCUT2D eigenvalue weighted by molar-refractivity contribution is 1.11. The first-order valence-corrected chi connectivity index (χ1v) is 20.5. The molecule has 0 aliphatic carbocycles. The van der Waals surface area contributed by atoms with Crippen molar-refractivity contribution >= 4 is 21.9 Å². The van der Waals surface area contributed by atoms with Gasteiger partial charge in [-0.3, -0.25) is 4.57 Å². The van der Waals surface area contributed by atoms with Crippen molar-refractivity contribution in [2.75, 3.05) is 0 Å². The quantitative estimate of drug-likeness (QED) is 0.154. The van der Waals surface area contributed by atoms with Crippen LogP contribution >= 0.6 is 0 Å². The van der Waals surface area contributed by atoms with Gasteiger partial charge in [-0.1, -0.05) is 182 Å². The molecule has 61 heavy (non-hydrogen) atoms. The van der Waals surface area contributed by atoms with E-state index in [2.05, 4.69) is 168 Å². The highest BCUT2D eigenvalue weighted by Gasteiger charge is 2.21. The third-order valence-corrected chi connectivity index (χ3v) is 11.2. The van der Waals surface area contributed by atoms with Gasteiger partial charge in [-0.05, 0) is 64.7 Å². The van der Waals surface area contributed by atoms with E-state index in [1.54, 1.807) is 0 Å². The molecule has 11 aromatic rings. The van der Waals surface area contributed by atoms with Gasteiger partial charge in [-0.25, -0.2) is 19.9 Å². The van der Waals surface area contributed by atoms with E-state index in [1.807, 2.05) is 60.7 Å². The molecule has 8 aromatic carbocycles. The Morgan fingerprint density at radius 2 is 0.721 bits per heavy atom. The fourth-order valence-electron chi connectivity index (χ4n) is 8.27. The summed E-state index contributed by atoms with van der Waals surface area (Å²) in [4.78, 5) is 20.8. The average Bonchev–Trinajstić information content (AvgIpc) is 3.69. The summed E-state index contributed by atoms with van der Waals surface area (Å²) in [6, 6.07) is 77.9. The number of hydrogen-bond donors (Lipinski definition) is 0. The Labute approximate surface area is 354 Å². The first-order valence-electron chi connectivity index (χ1n) is 20.5. The zero-order valence-electron chi connectivity index (χ0n) is 33.1. The summed E-state index contributed by atoms with van der Waals surface area (Å²) in [6.45, 7) is 0. The van der Waals surface area contributed by atoms with E-state index in [4.69, 9.17) is 19.9 Å². The molecule has 3 heterocycles. The average molecular weight is 780 g/mol. The Hall–Kier alpha value is -8.28. The van der Waals surface area contributed by atoms with Crippen molar-refractivity contribution in [1.82, 2.24) is 24.5 Å². The summed E-state index contributed by atoms with van der Waals surface area (Å²) >= 11 is 0. The summed E-state index contributed by atoms with van der Waals surface area (Å²) in [7, 11) is 0. The summed E-state index contributed by atoms with van der Waals surface area (Å²) < 4.78 is 2.26. The van der Waals surface area contributed by atoms with Gasteiger partial charge < -0.3 is 0 Å². The molecule has 0 bridgehead atoms. The van der Waals surface area contributed by atoms with E-state index >= 15 is 0 Å².